The van der Waals surface area contributed by atoms with Crippen LogP contribution in [0.5, 0.6) is 0 Å². The predicted molar refractivity (Wildman–Crippen MR) is 87.7 cm³/mol. The molecule has 23 heavy (non-hydrogen) atoms. The minimum atomic E-state index is -0.285. The quantitative estimate of drug-likeness (QED) is 0.889. The van der Waals surface area contributed by atoms with Gasteiger partial charge in [0.2, 0.25) is 0 Å². The van der Waals surface area contributed by atoms with Crippen molar-refractivity contribution in [2.75, 3.05) is 20.6 Å². The van der Waals surface area contributed by atoms with Gasteiger partial charge >= 0.3 is 0 Å². The number of hydrogen-bond donors (Lipinski definition) is 1. The third kappa shape index (κ3) is 4.63. The summed E-state index contributed by atoms with van der Waals surface area (Å²) >= 11 is 0. The summed E-state index contributed by atoms with van der Waals surface area (Å²) in [6, 6.07) is 7.81. The van der Waals surface area contributed by atoms with Gasteiger partial charge in [-0.2, -0.15) is 5.10 Å². The number of benzene rings is 1. The molecule has 1 aromatic carbocycles. The fourth-order valence-corrected chi connectivity index (χ4v) is 2.31. The summed E-state index contributed by atoms with van der Waals surface area (Å²) in [7, 11) is 5.76. The fourth-order valence-electron chi connectivity index (χ4n) is 2.31. The standard InChI is InChI=1S/C17H23FN4O/c1-12-11-16(20-22(12)4)17(23)19-15(9-10-21(2)3)13-5-7-14(18)8-6-13/h5-8,11,15H,9-10H2,1-4H3,(H,19,23). The number of aryl methyl sites for hydroxylation is 2. The average molecular weight is 318 g/mol. The van der Waals surface area contributed by atoms with E-state index in [-0.39, 0.29) is 17.8 Å². The molecule has 124 valence electrons. The van der Waals surface area contributed by atoms with Gasteiger partial charge in [0.05, 0.1) is 6.04 Å². The highest BCUT2D eigenvalue weighted by molar-refractivity contribution is 5.92. The number of nitrogens with zero attached hydrogens (tertiary/aromatic N) is 3. The molecule has 0 spiro atoms. The monoisotopic (exact) mass is 318 g/mol. The van der Waals surface area contributed by atoms with Crippen molar-refractivity contribution in [2.45, 2.75) is 19.4 Å². The zero-order valence-electron chi connectivity index (χ0n) is 14.0. The lowest BCUT2D eigenvalue weighted by atomic mass is 10.0. The summed E-state index contributed by atoms with van der Waals surface area (Å²) in [5.41, 5.74) is 2.19. The number of amides is 1. The second-order valence-electron chi connectivity index (χ2n) is 5.96. The van der Waals surface area contributed by atoms with Crippen LogP contribution in [0.15, 0.2) is 30.3 Å². The van der Waals surface area contributed by atoms with Gasteiger partial charge in [0.1, 0.15) is 11.5 Å². The van der Waals surface area contributed by atoms with Crippen LogP contribution in [0.4, 0.5) is 4.39 Å². The summed E-state index contributed by atoms with van der Waals surface area (Å²) in [4.78, 5) is 14.5. The number of halogens is 1. The first-order valence-electron chi connectivity index (χ1n) is 7.58. The van der Waals surface area contributed by atoms with Gasteiger partial charge in [0, 0.05) is 12.7 Å². The minimum Gasteiger partial charge on any atom is -0.344 e. The topological polar surface area (TPSA) is 50.2 Å². The molecule has 2 aromatic rings. The van der Waals surface area contributed by atoms with Gasteiger partial charge in [0.15, 0.2) is 0 Å². The Morgan fingerprint density at radius 2 is 2.00 bits per heavy atom. The van der Waals surface area contributed by atoms with Crippen LogP contribution in [-0.4, -0.2) is 41.2 Å². The van der Waals surface area contributed by atoms with Crippen molar-refractivity contribution < 1.29 is 9.18 Å². The average Bonchev–Trinajstić information content (AvgIpc) is 2.84. The Hall–Kier alpha value is -2.21. The van der Waals surface area contributed by atoms with Crippen molar-refractivity contribution in [1.29, 1.82) is 0 Å². The third-order valence-corrected chi connectivity index (χ3v) is 3.79. The van der Waals surface area contributed by atoms with Crippen LogP contribution in [0.3, 0.4) is 0 Å². The van der Waals surface area contributed by atoms with E-state index in [0.717, 1.165) is 24.2 Å². The maximum absolute atomic E-state index is 13.1. The van der Waals surface area contributed by atoms with Crippen LogP contribution in [0.25, 0.3) is 0 Å². The van der Waals surface area contributed by atoms with Crippen LogP contribution >= 0.6 is 0 Å². The Morgan fingerprint density at radius 1 is 1.35 bits per heavy atom. The Kier molecular flexibility index (Phi) is 5.50. The van der Waals surface area contributed by atoms with E-state index >= 15 is 0 Å². The van der Waals surface area contributed by atoms with E-state index in [0.29, 0.717) is 5.69 Å². The molecule has 0 saturated carbocycles. The zero-order chi connectivity index (χ0) is 17.0. The molecule has 6 heteroatoms. The van der Waals surface area contributed by atoms with Gasteiger partial charge in [-0.1, -0.05) is 12.1 Å². The van der Waals surface area contributed by atoms with E-state index in [2.05, 4.69) is 10.4 Å². The van der Waals surface area contributed by atoms with E-state index in [1.54, 1.807) is 29.9 Å². The lowest BCUT2D eigenvalue weighted by Gasteiger charge is -2.21. The molecule has 0 aliphatic heterocycles. The molecule has 0 aliphatic rings. The first-order valence-corrected chi connectivity index (χ1v) is 7.58. The predicted octanol–water partition coefficient (Wildman–Crippen LogP) is 2.29. The van der Waals surface area contributed by atoms with E-state index in [4.69, 9.17) is 0 Å². The van der Waals surface area contributed by atoms with E-state index in [1.807, 2.05) is 25.9 Å². The molecule has 1 heterocycles. The normalized spacial score (nSPS) is 12.4. The maximum atomic E-state index is 13.1. The SMILES string of the molecule is Cc1cc(C(=O)NC(CCN(C)C)c2ccc(F)cc2)nn1C. The van der Waals surface area contributed by atoms with Gasteiger partial charge in [-0.3, -0.25) is 9.48 Å². The first kappa shape index (κ1) is 17.1. The Bertz CT molecular complexity index is 644. The largest absolute Gasteiger partial charge is 0.344 e. The highest BCUT2D eigenvalue weighted by atomic mass is 19.1. The second kappa shape index (κ2) is 7.37. The van der Waals surface area contributed by atoms with Crippen molar-refractivity contribution in [3.63, 3.8) is 0 Å². The van der Waals surface area contributed by atoms with Gasteiger partial charge < -0.3 is 10.2 Å². The highest BCUT2D eigenvalue weighted by Gasteiger charge is 2.18. The van der Waals surface area contributed by atoms with Crippen molar-refractivity contribution in [1.82, 2.24) is 20.0 Å². The van der Waals surface area contributed by atoms with Crippen molar-refractivity contribution >= 4 is 5.91 Å². The van der Waals surface area contributed by atoms with Crippen LogP contribution in [0, 0.1) is 12.7 Å². The van der Waals surface area contributed by atoms with Crippen molar-refractivity contribution in [3.8, 4) is 0 Å². The fraction of sp³-hybridized carbons (Fsp3) is 0.412. The first-order chi connectivity index (χ1) is 10.9. The number of aromatic nitrogens is 2. The van der Waals surface area contributed by atoms with Gasteiger partial charge in [0.25, 0.3) is 5.91 Å². The zero-order valence-corrected chi connectivity index (χ0v) is 14.0. The summed E-state index contributed by atoms with van der Waals surface area (Å²) in [5.74, 6) is -0.506. The lowest BCUT2D eigenvalue weighted by molar-refractivity contribution is 0.0927. The molecule has 1 unspecified atom stereocenters. The minimum absolute atomic E-state index is 0.187. The molecule has 1 aromatic heterocycles. The molecule has 0 aliphatic carbocycles. The smallest absolute Gasteiger partial charge is 0.272 e. The van der Waals surface area contributed by atoms with Crippen LogP contribution < -0.4 is 5.32 Å². The van der Waals surface area contributed by atoms with E-state index in [9.17, 15) is 9.18 Å². The Balaban J connectivity index is 2.16. The molecule has 5 nitrogen and oxygen atoms in total. The second-order valence-corrected chi connectivity index (χ2v) is 5.96. The number of rotatable bonds is 6. The van der Waals surface area contributed by atoms with E-state index in [1.165, 1.54) is 12.1 Å². The van der Waals surface area contributed by atoms with Gasteiger partial charge in [-0.05, 0) is 57.7 Å². The van der Waals surface area contributed by atoms with Gasteiger partial charge in [-0.15, -0.1) is 0 Å². The Labute approximate surface area is 136 Å². The summed E-state index contributed by atoms with van der Waals surface area (Å²) < 4.78 is 14.8. The van der Waals surface area contributed by atoms with Crippen molar-refractivity contribution in [2.24, 2.45) is 7.05 Å². The van der Waals surface area contributed by atoms with E-state index < -0.39 is 0 Å². The third-order valence-electron chi connectivity index (χ3n) is 3.79. The summed E-state index contributed by atoms with van der Waals surface area (Å²) in [6.07, 6.45) is 0.732. The summed E-state index contributed by atoms with van der Waals surface area (Å²) in [6.45, 7) is 2.71. The van der Waals surface area contributed by atoms with Crippen LogP contribution in [0.2, 0.25) is 0 Å². The summed E-state index contributed by atoms with van der Waals surface area (Å²) in [5, 5.41) is 7.20. The molecule has 2 rings (SSSR count). The van der Waals surface area contributed by atoms with Crippen LogP contribution in [0.1, 0.15) is 34.2 Å². The Morgan fingerprint density at radius 3 is 2.52 bits per heavy atom. The molecule has 0 fully saturated rings. The number of carbonyl (C=O) groups is 1. The molecule has 1 amide bonds. The van der Waals surface area contributed by atoms with Crippen molar-refractivity contribution in [3.05, 3.63) is 53.1 Å². The maximum Gasteiger partial charge on any atom is 0.272 e. The van der Waals surface area contributed by atoms with Crippen LogP contribution in [-0.2, 0) is 7.05 Å². The number of carbonyl (C=O) groups excluding carboxylic acids is 1. The molecule has 1 atom stereocenters. The molecule has 1 N–H and O–H groups in total. The molecular weight excluding hydrogens is 295 g/mol. The van der Waals surface area contributed by atoms with Gasteiger partial charge in [-0.25, -0.2) is 4.39 Å². The highest BCUT2D eigenvalue weighted by Crippen LogP contribution is 2.18. The number of nitrogens with one attached hydrogen (secondary N) is 1. The molecule has 0 saturated heterocycles. The molecular formula is C17H23FN4O. The molecule has 0 radical (unpaired) electrons. The number of hydrogen-bond acceptors (Lipinski definition) is 3. The molecule has 0 bridgehead atoms. The lowest BCUT2D eigenvalue weighted by Crippen LogP contribution is -2.31.